The first-order valence-electron chi connectivity index (χ1n) is 5.48. The van der Waals surface area contributed by atoms with E-state index in [1.165, 1.54) is 0 Å². The number of halogens is 1. The topological polar surface area (TPSA) is 90.8 Å². The lowest BCUT2D eigenvalue weighted by Gasteiger charge is -2.06. The first-order chi connectivity index (χ1) is 9.43. The summed E-state index contributed by atoms with van der Waals surface area (Å²) in [6.45, 7) is 0. The molecule has 2 aromatic rings. The summed E-state index contributed by atoms with van der Waals surface area (Å²) in [7, 11) is -4.73. The molecule has 0 heterocycles. The number of benzene rings is 2. The molecule has 20 heavy (non-hydrogen) atoms. The SMILES string of the molecule is [N-]=[N+]=C(c1ccc(F)cc1-c1ccccc1)S(=O)(=O)O. The minimum absolute atomic E-state index is 0.0948. The van der Waals surface area contributed by atoms with Crippen molar-refractivity contribution in [3.05, 3.63) is 65.4 Å². The van der Waals surface area contributed by atoms with Crippen molar-refractivity contribution in [2.24, 2.45) is 0 Å². The molecule has 0 amide bonds. The molecule has 0 aromatic heterocycles. The van der Waals surface area contributed by atoms with Gasteiger partial charge in [-0.15, -0.1) is 0 Å². The monoisotopic (exact) mass is 292 g/mol. The molecule has 0 aliphatic rings. The van der Waals surface area contributed by atoms with Gasteiger partial charge < -0.3 is 5.53 Å². The molecule has 0 radical (unpaired) electrons. The van der Waals surface area contributed by atoms with Crippen LogP contribution in [0.25, 0.3) is 16.7 Å². The molecule has 0 aliphatic carbocycles. The van der Waals surface area contributed by atoms with Gasteiger partial charge in [0.25, 0.3) is 0 Å². The molecule has 0 bridgehead atoms. The molecular weight excluding hydrogens is 283 g/mol. The predicted molar refractivity (Wildman–Crippen MR) is 71.1 cm³/mol. The van der Waals surface area contributed by atoms with Gasteiger partial charge in [-0.25, -0.2) is 4.39 Å². The average Bonchev–Trinajstić information content (AvgIpc) is 2.40. The maximum Gasteiger partial charge on any atom is 0.438 e. The molecule has 2 aromatic carbocycles. The molecule has 0 saturated carbocycles. The van der Waals surface area contributed by atoms with Crippen LogP contribution < -0.4 is 0 Å². The van der Waals surface area contributed by atoms with E-state index in [-0.39, 0.29) is 11.1 Å². The van der Waals surface area contributed by atoms with Crippen LogP contribution in [0.3, 0.4) is 0 Å². The van der Waals surface area contributed by atoms with Gasteiger partial charge in [0.15, 0.2) is 0 Å². The fraction of sp³-hybridized carbons (Fsp3) is 0. The zero-order valence-electron chi connectivity index (χ0n) is 10.1. The molecular formula is C13H9FN2O3S. The summed E-state index contributed by atoms with van der Waals surface area (Å²) in [6, 6.07) is 11.6. The first-order valence-corrected chi connectivity index (χ1v) is 6.92. The summed E-state index contributed by atoms with van der Waals surface area (Å²) < 4.78 is 44.8. The van der Waals surface area contributed by atoms with Gasteiger partial charge in [0.2, 0.25) is 0 Å². The van der Waals surface area contributed by atoms with E-state index >= 15 is 0 Å². The summed E-state index contributed by atoms with van der Waals surface area (Å²) in [5.74, 6) is -0.583. The summed E-state index contributed by atoms with van der Waals surface area (Å²) in [6.07, 6.45) is 0. The van der Waals surface area contributed by atoms with Crippen molar-refractivity contribution in [2.45, 2.75) is 0 Å². The molecule has 7 heteroatoms. The van der Waals surface area contributed by atoms with E-state index < -0.39 is 21.0 Å². The number of nitrogens with zero attached hydrogens (tertiary/aromatic N) is 2. The van der Waals surface area contributed by atoms with Gasteiger partial charge in [-0.3, -0.25) is 4.55 Å². The van der Waals surface area contributed by atoms with E-state index in [1.807, 2.05) is 0 Å². The Morgan fingerprint density at radius 3 is 2.35 bits per heavy atom. The Kier molecular flexibility index (Phi) is 3.76. The summed E-state index contributed by atoms with van der Waals surface area (Å²) in [5, 5.41) is -0.934. The lowest BCUT2D eigenvalue weighted by atomic mass is 10.00. The predicted octanol–water partition coefficient (Wildman–Crippen LogP) is 2.36. The smallest absolute Gasteiger partial charge is 0.360 e. The highest BCUT2D eigenvalue weighted by atomic mass is 32.2. The Hall–Kier alpha value is -2.34. The fourth-order valence-electron chi connectivity index (χ4n) is 1.80. The van der Waals surface area contributed by atoms with Crippen LogP contribution in [0.4, 0.5) is 4.39 Å². The summed E-state index contributed by atoms with van der Waals surface area (Å²) >= 11 is 0. The first kappa shape index (κ1) is 14.1. The summed E-state index contributed by atoms with van der Waals surface area (Å²) in [5.41, 5.74) is 9.43. The minimum Gasteiger partial charge on any atom is -0.360 e. The Bertz CT molecular complexity index is 798. The Morgan fingerprint density at radius 2 is 1.80 bits per heavy atom. The third-order valence-corrected chi connectivity index (χ3v) is 3.42. The third-order valence-electron chi connectivity index (χ3n) is 2.63. The number of hydrogen-bond acceptors (Lipinski definition) is 2. The lowest BCUT2D eigenvalue weighted by molar-refractivity contribution is -0.0000400. The Balaban J connectivity index is 2.76. The highest BCUT2D eigenvalue weighted by Gasteiger charge is 2.30. The van der Waals surface area contributed by atoms with Crippen molar-refractivity contribution < 1.29 is 22.2 Å². The van der Waals surface area contributed by atoms with Crippen LogP contribution in [0.1, 0.15) is 5.56 Å². The Morgan fingerprint density at radius 1 is 1.15 bits per heavy atom. The largest absolute Gasteiger partial charge is 0.438 e. The van der Waals surface area contributed by atoms with E-state index in [4.69, 9.17) is 10.1 Å². The van der Waals surface area contributed by atoms with E-state index in [1.54, 1.807) is 30.3 Å². The van der Waals surface area contributed by atoms with Gasteiger partial charge in [0.05, 0.1) is 5.56 Å². The maximum absolute atomic E-state index is 13.4. The van der Waals surface area contributed by atoms with Gasteiger partial charge >= 0.3 is 15.2 Å². The standard InChI is InChI=1S/C13H9FN2O3S/c14-10-6-7-11(13(16-15)20(17,18)19)12(8-10)9-4-2-1-3-5-9/h1-8H,(H,17,18,19). The fourth-order valence-corrected chi connectivity index (χ4v) is 2.36. The van der Waals surface area contributed by atoms with Crippen molar-refractivity contribution in [3.8, 4) is 11.1 Å². The average molecular weight is 292 g/mol. The molecule has 5 nitrogen and oxygen atoms in total. The highest BCUT2D eigenvalue weighted by Crippen LogP contribution is 2.25. The molecule has 0 spiro atoms. The van der Waals surface area contributed by atoms with Crippen LogP contribution in [0, 0.1) is 5.82 Å². The van der Waals surface area contributed by atoms with Crippen molar-refractivity contribution in [2.75, 3.05) is 0 Å². The van der Waals surface area contributed by atoms with Crippen molar-refractivity contribution >= 4 is 15.2 Å². The molecule has 0 atom stereocenters. The lowest BCUT2D eigenvalue weighted by Crippen LogP contribution is -2.17. The molecule has 0 saturated heterocycles. The summed E-state index contributed by atoms with van der Waals surface area (Å²) in [4.78, 5) is 2.60. The van der Waals surface area contributed by atoms with Gasteiger partial charge in [0.1, 0.15) is 5.82 Å². The van der Waals surface area contributed by atoms with Crippen molar-refractivity contribution in [1.82, 2.24) is 0 Å². The second-order valence-corrected chi connectivity index (χ2v) is 5.27. The van der Waals surface area contributed by atoms with Crippen LogP contribution in [0.2, 0.25) is 0 Å². The molecule has 0 aliphatic heterocycles. The normalized spacial score (nSPS) is 10.9. The quantitative estimate of drug-likeness (QED) is 0.303. The van der Waals surface area contributed by atoms with Crippen molar-refractivity contribution in [1.29, 1.82) is 0 Å². The van der Waals surface area contributed by atoms with Gasteiger partial charge in [0, 0.05) is 5.56 Å². The van der Waals surface area contributed by atoms with E-state index in [2.05, 4.69) is 4.79 Å². The number of hydrogen-bond donors (Lipinski definition) is 1. The van der Waals surface area contributed by atoms with Crippen LogP contribution in [0.5, 0.6) is 0 Å². The number of rotatable bonds is 2. The van der Waals surface area contributed by atoms with Gasteiger partial charge in [-0.1, -0.05) is 30.3 Å². The van der Waals surface area contributed by atoms with Gasteiger partial charge in [-0.2, -0.15) is 13.2 Å². The molecule has 2 rings (SSSR count). The van der Waals surface area contributed by atoms with E-state index in [0.717, 1.165) is 18.2 Å². The minimum atomic E-state index is -4.73. The van der Waals surface area contributed by atoms with Crippen molar-refractivity contribution in [3.63, 3.8) is 0 Å². The molecule has 0 fully saturated rings. The highest BCUT2D eigenvalue weighted by molar-refractivity contribution is 8.01. The molecule has 1 N–H and O–H groups in total. The van der Waals surface area contributed by atoms with E-state index in [0.29, 0.717) is 5.56 Å². The van der Waals surface area contributed by atoms with Crippen LogP contribution in [-0.4, -0.2) is 22.8 Å². The molecule has 0 unspecified atom stereocenters. The molecule has 102 valence electrons. The zero-order chi connectivity index (χ0) is 14.8. The second-order valence-electron chi connectivity index (χ2n) is 3.94. The maximum atomic E-state index is 13.4. The third kappa shape index (κ3) is 2.80. The van der Waals surface area contributed by atoms with Crippen LogP contribution >= 0.6 is 0 Å². The Labute approximate surface area is 114 Å². The zero-order valence-corrected chi connectivity index (χ0v) is 10.9. The van der Waals surface area contributed by atoms with Gasteiger partial charge in [-0.05, 0) is 23.8 Å². The van der Waals surface area contributed by atoms with Crippen LogP contribution in [-0.2, 0) is 10.1 Å². The second kappa shape index (κ2) is 5.34. The van der Waals surface area contributed by atoms with Crippen LogP contribution in [0.15, 0.2) is 48.5 Å². The van der Waals surface area contributed by atoms with E-state index in [9.17, 15) is 12.8 Å².